The Morgan fingerprint density at radius 3 is 2.62 bits per heavy atom. The van der Waals surface area contributed by atoms with Gasteiger partial charge in [0.05, 0.1) is 24.2 Å². The topological polar surface area (TPSA) is 16.1 Å². The normalized spacial score (nSPS) is 14.4. The summed E-state index contributed by atoms with van der Waals surface area (Å²) in [5, 5.41) is 2.42. The van der Waals surface area contributed by atoms with E-state index in [0.29, 0.717) is 10.7 Å². The van der Waals surface area contributed by atoms with Crippen molar-refractivity contribution in [2.45, 2.75) is 25.0 Å². The molecule has 0 saturated heterocycles. The summed E-state index contributed by atoms with van der Waals surface area (Å²) in [4.78, 5) is 5.38. The number of hydrogen-bond acceptors (Lipinski definition) is 3. The van der Waals surface area contributed by atoms with Crippen LogP contribution in [0.2, 0.25) is 0 Å². The zero-order valence-corrected chi connectivity index (χ0v) is 10.5. The molecule has 1 atom stereocenters. The van der Waals surface area contributed by atoms with Gasteiger partial charge in [-0.25, -0.2) is 4.98 Å². The molecule has 16 heavy (non-hydrogen) atoms. The molecule has 92 valence electrons. The van der Waals surface area contributed by atoms with Crippen molar-refractivity contribution in [2.75, 3.05) is 13.6 Å². The molecule has 1 aromatic rings. The third kappa shape index (κ3) is 3.92. The molecule has 0 N–H and O–H groups in total. The summed E-state index contributed by atoms with van der Waals surface area (Å²) in [5.41, 5.74) is 0.703. The molecule has 0 saturated carbocycles. The molecule has 0 aliphatic carbocycles. The van der Waals surface area contributed by atoms with E-state index in [1.54, 1.807) is 12.3 Å². The first-order valence-corrected chi connectivity index (χ1v) is 6.02. The van der Waals surface area contributed by atoms with Gasteiger partial charge in [0, 0.05) is 5.38 Å². The van der Waals surface area contributed by atoms with Crippen molar-refractivity contribution >= 4 is 22.9 Å². The fourth-order valence-corrected chi connectivity index (χ4v) is 2.35. The monoisotopic (exact) mass is 272 g/mol. The third-order valence-electron chi connectivity index (χ3n) is 2.15. The molecule has 1 heterocycles. The summed E-state index contributed by atoms with van der Waals surface area (Å²) < 4.78 is 36.5. The maximum Gasteiger partial charge on any atom is 0.401 e. The first-order valence-electron chi connectivity index (χ1n) is 4.60. The molecule has 1 unspecified atom stereocenters. The van der Waals surface area contributed by atoms with Gasteiger partial charge < -0.3 is 0 Å². The zero-order chi connectivity index (χ0) is 12.3. The molecular formula is C9H12ClF3N2S. The lowest BCUT2D eigenvalue weighted by Crippen LogP contribution is -2.33. The van der Waals surface area contributed by atoms with Crippen molar-refractivity contribution in [1.29, 1.82) is 0 Å². The van der Waals surface area contributed by atoms with Gasteiger partial charge in [-0.15, -0.1) is 22.9 Å². The average Bonchev–Trinajstić information content (AvgIpc) is 2.61. The summed E-state index contributed by atoms with van der Waals surface area (Å²) in [7, 11) is 1.43. The molecule has 7 heteroatoms. The summed E-state index contributed by atoms with van der Waals surface area (Å²) in [6.07, 6.45) is -4.18. The molecule has 0 aliphatic rings. The van der Waals surface area contributed by atoms with Crippen molar-refractivity contribution < 1.29 is 13.2 Å². The van der Waals surface area contributed by atoms with E-state index in [4.69, 9.17) is 11.6 Å². The lowest BCUT2D eigenvalue weighted by molar-refractivity contribution is -0.147. The van der Waals surface area contributed by atoms with Gasteiger partial charge in [-0.2, -0.15) is 13.2 Å². The predicted molar refractivity (Wildman–Crippen MR) is 58.8 cm³/mol. The van der Waals surface area contributed by atoms with E-state index in [1.165, 1.54) is 23.3 Å². The van der Waals surface area contributed by atoms with E-state index < -0.39 is 12.7 Å². The smallest absolute Gasteiger partial charge is 0.289 e. The first kappa shape index (κ1) is 13.7. The summed E-state index contributed by atoms with van der Waals surface area (Å²) in [6.45, 7) is 0.756. The molecule has 1 rings (SSSR count). The van der Waals surface area contributed by atoms with Crippen molar-refractivity contribution in [3.8, 4) is 0 Å². The van der Waals surface area contributed by atoms with E-state index in [0.717, 1.165) is 0 Å². The van der Waals surface area contributed by atoms with Crippen LogP contribution in [0, 0.1) is 0 Å². The van der Waals surface area contributed by atoms with Crippen molar-refractivity contribution in [2.24, 2.45) is 0 Å². The Kier molecular flexibility index (Phi) is 4.58. The molecule has 2 nitrogen and oxygen atoms in total. The second-order valence-corrected chi connectivity index (χ2v) is 4.67. The second-order valence-electron chi connectivity index (χ2n) is 3.52. The van der Waals surface area contributed by atoms with Crippen LogP contribution in [0.4, 0.5) is 13.2 Å². The molecule has 0 radical (unpaired) electrons. The fourth-order valence-electron chi connectivity index (χ4n) is 1.18. The van der Waals surface area contributed by atoms with E-state index in [2.05, 4.69) is 4.98 Å². The Labute approximate surface area is 101 Å². The number of nitrogens with zero attached hydrogens (tertiary/aromatic N) is 2. The van der Waals surface area contributed by atoms with Gasteiger partial charge in [0.15, 0.2) is 0 Å². The van der Waals surface area contributed by atoms with E-state index in [9.17, 15) is 13.2 Å². The van der Waals surface area contributed by atoms with Gasteiger partial charge in [0.25, 0.3) is 0 Å². The number of aromatic nitrogens is 1. The molecule has 0 spiro atoms. The van der Waals surface area contributed by atoms with Crippen LogP contribution in [-0.2, 0) is 5.88 Å². The minimum Gasteiger partial charge on any atom is -0.289 e. The standard InChI is InChI=1S/C9H12ClF3N2S/c1-6(15(2)5-9(11,12)13)8-14-7(3-10)4-16-8/h4,6H,3,5H2,1-2H3. The van der Waals surface area contributed by atoms with Crippen LogP contribution >= 0.6 is 22.9 Å². The van der Waals surface area contributed by atoms with Crippen molar-refractivity contribution in [3.05, 3.63) is 16.1 Å². The lowest BCUT2D eigenvalue weighted by Gasteiger charge is -2.23. The van der Waals surface area contributed by atoms with Gasteiger partial charge in [0.1, 0.15) is 5.01 Å². The molecule has 0 aromatic carbocycles. The van der Waals surface area contributed by atoms with E-state index >= 15 is 0 Å². The highest BCUT2D eigenvalue weighted by Crippen LogP contribution is 2.26. The fraction of sp³-hybridized carbons (Fsp3) is 0.667. The minimum absolute atomic E-state index is 0.284. The van der Waals surface area contributed by atoms with Crippen LogP contribution in [-0.4, -0.2) is 29.7 Å². The van der Waals surface area contributed by atoms with Crippen molar-refractivity contribution in [1.82, 2.24) is 9.88 Å². The van der Waals surface area contributed by atoms with Gasteiger partial charge >= 0.3 is 6.18 Å². The van der Waals surface area contributed by atoms with Crippen molar-refractivity contribution in [3.63, 3.8) is 0 Å². The molecule has 1 aromatic heterocycles. The Hall–Kier alpha value is -0.330. The number of alkyl halides is 4. The largest absolute Gasteiger partial charge is 0.401 e. The summed E-state index contributed by atoms with van der Waals surface area (Å²) >= 11 is 6.91. The van der Waals surface area contributed by atoms with Gasteiger partial charge in [-0.1, -0.05) is 0 Å². The van der Waals surface area contributed by atoms with E-state index in [-0.39, 0.29) is 11.9 Å². The number of rotatable bonds is 4. The van der Waals surface area contributed by atoms with Crippen LogP contribution in [0.1, 0.15) is 23.7 Å². The average molecular weight is 273 g/mol. The molecule has 0 fully saturated rings. The minimum atomic E-state index is -4.18. The zero-order valence-electron chi connectivity index (χ0n) is 8.88. The molecular weight excluding hydrogens is 261 g/mol. The van der Waals surface area contributed by atoms with E-state index in [1.807, 2.05) is 0 Å². The van der Waals surface area contributed by atoms with Gasteiger partial charge in [-0.3, -0.25) is 4.90 Å². The summed E-state index contributed by atoms with van der Waals surface area (Å²) in [6, 6.07) is -0.358. The lowest BCUT2D eigenvalue weighted by atomic mass is 10.3. The highest BCUT2D eigenvalue weighted by Gasteiger charge is 2.31. The Balaban J connectivity index is 2.66. The molecule has 0 bridgehead atoms. The Bertz CT molecular complexity index is 340. The van der Waals surface area contributed by atoms with Gasteiger partial charge in [-0.05, 0) is 14.0 Å². The van der Waals surface area contributed by atoms with Crippen LogP contribution in [0.3, 0.4) is 0 Å². The Morgan fingerprint density at radius 2 is 2.19 bits per heavy atom. The maximum atomic E-state index is 12.2. The number of halogens is 4. The SMILES string of the molecule is CC(c1nc(CCl)cs1)N(C)CC(F)(F)F. The predicted octanol–water partition coefficient (Wildman–Crippen LogP) is 3.44. The Morgan fingerprint density at radius 1 is 1.56 bits per heavy atom. The van der Waals surface area contributed by atoms with Crippen LogP contribution in [0.5, 0.6) is 0 Å². The quantitative estimate of drug-likeness (QED) is 0.781. The first-order chi connectivity index (χ1) is 7.33. The van der Waals surface area contributed by atoms with Crippen LogP contribution in [0.15, 0.2) is 5.38 Å². The maximum absolute atomic E-state index is 12.2. The van der Waals surface area contributed by atoms with Gasteiger partial charge in [0.2, 0.25) is 0 Å². The molecule has 0 amide bonds. The number of hydrogen-bond donors (Lipinski definition) is 0. The van der Waals surface area contributed by atoms with Crippen LogP contribution in [0.25, 0.3) is 0 Å². The highest BCUT2D eigenvalue weighted by molar-refractivity contribution is 7.09. The highest BCUT2D eigenvalue weighted by atomic mass is 35.5. The van der Waals surface area contributed by atoms with Crippen LogP contribution < -0.4 is 0 Å². The summed E-state index contributed by atoms with van der Waals surface area (Å²) in [5.74, 6) is 0.284. The molecule has 0 aliphatic heterocycles. The second kappa shape index (κ2) is 5.33. The number of thiazole rings is 1. The third-order valence-corrected chi connectivity index (χ3v) is 3.49.